The molecule has 8 nitrogen and oxygen atoms in total. The van der Waals surface area contributed by atoms with Crippen LogP contribution in [0.5, 0.6) is 0 Å². The fraction of sp³-hybridized carbons (Fsp3) is 0.875. The molecule has 8 aliphatic heterocycles. The third kappa shape index (κ3) is 4.06. The zero-order valence-corrected chi connectivity index (χ0v) is 34.3. The summed E-state index contributed by atoms with van der Waals surface area (Å²) in [5, 5.41) is 5.94. The molecule has 15 aliphatic rings. The van der Waals surface area contributed by atoms with Crippen LogP contribution in [0, 0.1) is 47.3 Å². The Hall–Kier alpha value is -1.04. The van der Waals surface area contributed by atoms with Crippen molar-refractivity contribution < 1.29 is 0 Å². The molecule has 22 atom stereocenters. The summed E-state index contributed by atoms with van der Waals surface area (Å²) in [7, 11) is 0. The van der Waals surface area contributed by atoms with Crippen molar-refractivity contribution >= 4 is 6.71 Å². The molecule has 1 aromatic carbocycles. The quantitative estimate of drug-likeness (QED) is 0.253. The molecule has 57 heavy (non-hydrogen) atoms. The summed E-state index contributed by atoms with van der Waals surface area (Å²) in [5.74, 6) is 10.5. The molecule has 0 amide bonds. The van der Waals surface area contributed by atoms with E-state index in [2.05, 4.69) is 72.1 Å². The van der Waals surface area contributed by atoms with E-state index in [1.807, 2.05) is 0 Å². The Morgan fingerprint density at radius 1 is 0.456 bits per heavy atom. The summed E-state index contributed by atoms with van der Waals surface area (Å²) in [6.45, 7) is 0.848. The summed E-state index contributed by atoms with van der Waals surface area (Å²) in [6.07, 6.45) is 26.8. The number of hydrogen-bond donors (Lipinski definition) is 4. The molecule has 16 rings (SSSR count). The van der Waals surface area contributed by atoms with E-state index in [-0.39, 0.29) is 0 Å². The monoisotopic (exact) mass is 769 g/mol. The second-order valence-electron chi connectivity index (χ2n) is 23.7. The van der Waals surface area contributed by atoms with Crippen LogP contribution in [0.3, 0.4) is 0 Å². The van der Waals surface area contributed by atoms with Crippen molar-refractivity contribution in [2.45, 2.75) is 211 Å². The topological polar surface area (TPSA) is 61.1 Å². The molecule has 8 heterocycles. The van der Waals surface area contributed by atoms with E-state index in [4.69, 9.17) is 0 Å². The van der Waals surface area contributed by atoms with Gasteiger partial charge in [0.25, 0.3) is 0 Å². The van der Waals surface area contributed by atoms with E-state index in [1.165, 1.54) is 116 Å². The van der Waals surface area contributed by atoms with Crippen molar-refractivity contribution in [1.82, 2.24) is 41.7 Å². The number of nitrogens with zero attached hydrogens (tertiary/aromatic N) is 4. The van der Waals surface area contributed by atoms with Gasteiger partial charge in [0.15, 0.2) is 6.71 Å². The molecular formula is C48H69BN8. The van der Waals surface area contributed by atoms with Crippen LogP contribution in [0.15, 0.2) is 30.3 Å². The van der Waals surface area contributed by atoms with Gasteiger partial charge in [-0.15, -0.1) is 0 Å². The molecule has 8 saturated heterocycles. The average molecular weight is 769 g/mol. The van der Waals surface area contributed by atoms with Crippen LogP contribution in [0.1, 0.15) is 127 Å². The first kappa shape index (κ1) is 33.6. The molecule has 22 unspecified atom stereocenters. The van der Waals surface area contributed by atoms with Gasteiger partial charge in [-0.3, -0.25) is 9.80 Å². The van der Waals surface area contributed by atoms with E-state index >= 15 is 0 Å². The summed E-state index contributed by atoms with van der Waals surface area (Å²) in [4.78, 5) is 6.73. The first-order valence-electron chi connectivity index (χ1n) is 25.5. The van der Waals surface area contributed by atoms with Gasteiger partial charge in [0, 0.05) is 72.5 Å². The predicted molar refractivity (Wildman–Crippen MR) is 223 cm³/mol. The molecule has 0 spiro atoms. The number of nitrogens with one attached hydrogen (secondary N) is 4. The third-order valence-corrected chi connectivity index (χ3v) is 22.9. The highest BCUT2D eigenvalue weighted by Gasteiger charge is 2.76. The van der Waals surface area contributed by atoms with Gasteiger partial charge < -0.3 is 0 Å². The molecule has 7 saturated carbocycles. The lowest BCUT2D eigenvalue weighted by Gasteiger charge is -2.66. The van der Waals surface area contributed by atoms with Crippen LogP contribution in [-0.2, 0) is 0 Å². The number of benzene rings is 1. The third-order valence-electron chi connectivity index (χ3n) is 22.9. The molecule has 0 aromatic heterocycles. The standard InChI is InChI=1S/C48H69BN8/c1-2-10-24(11-3-1)25-20-38-42-39(21-25)57-48-33(23-37-41(44(48)51-53-57)31-17-9-15-29-27-13-5-7-19-35(27)55(37)46(29)31)49(42)32-22-36-40(43-47(32)56(38)52-50-43)30-16-8-14-28-26-12-4-6-18-34(26)54(36)45(28)30/h1-3,10-11,25-48,50-53H,4-9,12-23H2. The molecule has 9 heteroatoms. The summed E-state index contributed by atoms with van der Waals surface area (Å²) >= 11 is 0. The zero-order valence-electron chi connectivity index (χ0n) is 34.3. The van der Waals surface area contributed by atoms with Crippen LogP contribution in [0.25, 0.3) is 0 Å². The Morgan fingerprint density at radius 2 is 0.947 bits per heavy atom. The first-order valence-corrected chi connectivity index (χ1v) is 25.5. The number of fused-ring (bicyclic) bond motifs is 18. The summed E-state index contributed by atoms with van der Waals surface area (Å²) < 4.78 is 0. The summed E-state index contributed by atoms with van der Waals surface area (Å²) in [6, 6.07) is 20.8. The summed E-state index contributed by atoms with van der Waals surface area (Å²) in [5.41, 5.74) is 18.4. The maximum absolute atomic E-state index is 4.26. The fourth-order valence-corrected chi connectivity index (χ4v) is 22.1. The lowest BCUT2D eigenvalue weighted by Crippen LogP contribution is -2.75. The second-order valence-corrected chi connectivity index (χ2v) is 23.7. The van der Waals surface area contributed by atoms with Gasteiger partial charge in [0.2, 0.25) is 0 Å². The van der Waals surface area contributed by atoms with E-state index in [9.17, 15) is 0 Å². The highest BCUT2D eigenvalue weighted by Crippen LogP contribution is 2.70. The van der Waals surface area contributed by atoms with Crippen LogP contribution < -0.4 is 21.9 Å². The highest BCUT2D eigenvalue weighted by atomic mass is 15.8. The minimum atomic E-state index is 0.599. The largest absolute Gasteiger partial charge is 0.293 e. The highest BCUT2D eigenvalue weighted by molar-refractivity contribution is 6.65. The van der Waals surface area contributed by atoms with Gasteiger partial charge in [-0.05, 0) is 153 Å². The minimum Gasteiger partial charge on any atom is -0.293 e. The Balaban J connectivity index is 0.835. The molecule has 15 fully saturated rings. The molecule has 0 radical (unpaired) electrons. The SMILES string of the molecule is c1ccc(C2CC3C4B(C5CC6C(C7CCCC8C9CCCCC9N6C87)C6NNN3C56)C3CC5C(C6CCCC7C8CCCCC8N5C76)C5NNN(C4C2)C35)cc1. The minimum absolute atomic E-state index is 0.599. The number of rotatable bonds is 1. The van der Waals surface area contributed by atoms with Gasteiger partial charge in [0.1, 0.15) is 0 Å². The molecule has 0 bridgehead atoms. The lowest BCUT2D eigenvalue weighted by atomic mass is 9.18. The van der Waals surface area contributed by atoms with Crippen LogP contribution >= 0.6 is 0 Å². The average Bonchev–Trinajstić information content (AvgIpc) is 4.12. The van der Waals surface area contributed by atoms with Crippen LogP contribution in [0.2, 0.25) is 17.5 Å². The van der Waals surface area contributed by atoms with Crippen molar-refractivity contribution in [2.24, 2.45) is 47.3 Å². The first-order chi connectivity index (χ1) is 28.3. The lowest BCUT2D eigenvalue weighted by molar-refractivity contribution is -0.0390. The van der Waals surface area contributed by atoms with E-state index in [0.29, 0.717) is 42.2 Å². The van der Waals surface area contributed by atoms with Crippen molar-refractivity contribution in [3.8, 4) is 0 Å². The van der Waals surface area contributed by atoms with Crippen molar-refractivity contribution in [3.05, 3.63) is 35.9 Å². The Labute approximate surface area is 342 Å². The maximum Gasteiger partial charge on any atom is 0.157 e. The molecule has 4 N–H and O–H groups in total. The Morgan fingerprint density at radius 3 is 1.49 bits per heavy atom. The van der Waals surface area contributed by atoms with Crippen LogP contribution in [-0.4, -0.2) is 99.0 Å². The van der Waals surface area contributed by atoms with Crippen molar-refractivity contribution in [2.75, 3.05) is 0 Å². The second kappa shape index (κ2) is 11.9. The zero-order chi connectivity index (χ0) is 36.4. The normalized spacial score (nSPS) is 60.2. The van der Waals surface area contributed by atoms with Gasteiger partial charge >= 0.3 is 0 Å². The number of hydrazine groups is 4. The molecule has 304 valence electrons. The maximum atomic E-state index is 4.26. The van der Waals surface area contributed by atoms with Gasteiger partial charge in [-0.2, -0.15) is 11.1 Å². The van der Waals surface area contributed by atoms with Crippen molar-refractivity contribution in [3.63, 3.8) is 0 Å². The van der Waals surface area contributed by atoms with E-state index in [1.54, 1.807) is 5.56 Å². The molecular weight excluding hydrogens is 699 g/mol. The Bertz CT molecular complexity index is 1690. The molecule has 7 aliphatic carbocycles. The van der Waals surface area contributed by atoms with Crippen molar-refractivity contribution in [1.29, 1.82) is 0 Å². The fourth-order valence-electron chi connectivity index (χ4n) is 22.1. The molecule has 1 aromatic rings. The smallest absolute Gasteiger partial charge is 0.157 e. The van der Waals surface area contributed by atoms with Gasteiger partial charge in [0.05, 0.1) is 0 Å². The van der Waals surface area contributed by atoms with E-state index < -0.39 is 0 Å². The Kier molecular flexibility index (Phi) is 7.01. The van der Waals surface area contributed by atoms with Gasteiger partial charge in [-0.1, -0.05) is 68.9 Å². The predicted octanol–water partition coefficient (Wildman–Crippen LogP) is 6.18. The van der Waals surface area contributed by atoms with Gasteiger partial charge in [-0.25, -0.2) is 20.9 Å². The number of hydrogen-bond acceptors (Lipinski definition) is 8. The van der Waals surface area contributed by atoms with E-state index in [0.717, 1.165) is 108 Å². The van der Waals surface area contributed by atoms with Crippen LogP contribution in [0.4, 0.5) is 0 Å².